The van der Waals surface area contributed by atoms with Gasteiger partial charge in [0, 0.05) is 30.6 Å². The van der Waals surface area contributed by atoms with Crippen LogP contribution in [0.5, 0.6) is 0 Å². The minimum atomic E-state index is -0.246. The Hall–Kier alpha value is -3.28. The van der Waals surface area contributed by atoms with Crippen LogP contribution in [0.25, 0.3) is 11.3 Å². The van der Waals surface area contributed by atoms with Crippen LogP contribution in [0.15, 0.2) is 59.7 Å². The van der Waals surface area contributed by atoms with Crippen molar-refractivity contribution >= 4 is 5.91 Å². The van der Waals surface area contributed by atoms with E-state index in [-0.39, 0.29) is 23.4 Å². The first-order valence-corrected chi connectivity index (χ1v) is 9.91. The predicted octanol–water partition coefficient (Wildman–Crippen LogP) is 3.61. The standard InChI is InChI=1S/C23H24N4O2/c1-15-7-9-17(10-8-15)16(2)23(29)27-12-4-6-20(27)22-25-19(13-21(28)26-22)18-5-3-11-24-14-18/h3,5,7-11,13-14,16,20H,4,6,12H2,1-2H3,(H,25,26,28)/t16-,20+/m0/s1. The van der Waals surface area contributed by atoms with Crippen LogP contribution >= 0.6 is 0 Å². The van der Waals surface area contributed by atoms with Crippen LogP contribution in [-0.2, 0) is 4.79 Å². The van der Waals surface area contributed by atoms with E-state index in [1.54, 1.807) is 12.4 Å². The van der Waals surface area contributed by atoms with Gasteiger partial charge in [-0.05, 0) is 44.4 Å². The Morgan fingerprint density at radius 3 is 2.76 bits per heavy atom. The van der Waals surface area contributed by atoms with Crippen LogP contribution in [0.1, 0.15) is 48.7 Å². The lowest BCUT2D eigenvalue weighted by Crippen LogP contribution is -2.35. The van der Waals surface area contributed by atoms with Crippen LogP contribution in [0.3, 0.4) is 0 Å². The van der Waals surface area contributed by atoms with Gasteiger partial charge in [0.2, 0.25) is 5.91 Å². The molecule has 29 heavy (non-hydrogen) atoms. The van der Waals surface area contributed by atoms with Crippen LogP contribution in [0.2, 0.25) is 0 Å². The number of pyridine rings is 1. The maximum Gasteiger partial charge on any atom is 0.251 e. The number of likely N-dealkylation sites (tertiary alicyclic amines) is 1. The lowest BCUT2D eigenvalue weighted by Gasteiger charge is -2.27. The number of hydrogen-bond acceptors (Lipinski definition) is 4. The van der Waals surface area contributed by atoms with E-state index in [1.807, 2.05) is 55.1 Å². The number of aryl methyl sites for hydroxylation is 1. The van der Waals surface area contributed by atoms with Gasteiger partial charge in [-0.1, -0.05) is 29.8 Å². The minimum Gasteiger partial charge on any atom is -0.332 e. The Bertz CT molecular complexity index is 1060. The maximum absolute atomic E-state index is 13.3. The van der Waals surface area contributed by atoms with Gasteiger partial charge in [0.1, 0.15) is 5.82 Å². The van der Waals surface area contributed by atoms with Gasteiger partial charge >= 0.3 is 0 Å². The molecule has 0 bridgehead atoms. The normalized spacial score (nSPS) is 17.3. The fourth-order valence-electron chi connectivity index (χ4n) is 3.86. The Morgan fingerprint density at radius 1 is 1.24 bits per heavy atom. The SMILES string of the molecule is Cc1ccc([C@H](C)C(=O)N2CCC[C@@H]2c2nc(-c3cccnc3)cc(=O)[nH]2)cc1. The molecule has 1 N–H and O–H groups in total. The van der Waals surface area contributed by atoms with Crippen LogP contribution < -0.4 is 5.56 Å². The number of carbonyl (C=O) groups is 1. The van der Waals surface area contributed by atoms with Crippen molar-refractivity contribution in [1.29, 1.82) is 0 Å². The van der Waals surface area contributed by atoms with E-state index in [0.29, 0.717) is 18.1 Å². The number of amides is 1. The van der Waals surface area contributed by atoms with Crippen LogP contribution in [0.4, 0.5) is 0 Å². The first kappa shape index (κ1) is 19.1. The van der Waals surface area contributed by atoms with Crippen molar-refractivity contribution in [1.82, 2.24) is 19.9 Å². The van der Waals surface area contributed by atoms with E-state index in [9.17, 15) is 9.59 Å². The molecule has 6 nitrogen and oxygen atoms in total. The fraction of sp³-hybridized carbons (Fsp3) is 0.304. The summed E-state index contributed by atoms with van der Waals surface area (Å²) in [5.41, 5.74) is 3.30. The quantitative estimate of drug-likeness (QED) is 0.741. The number of aromatic nitrogens is 3. The molecule has 1 aliphatic rings. The zero-order valence-corrected chi connectivity index (χ0v) is 16.6. The molecule has 1 saturated heterocycles. The monoisotopic (exact) mass is 388 g/mol. The highest BCUT2D eigenvalue weighted by molar-refractivity contribution is 5.84. The average Bonchev–Trinajstić information content (AvgIpc) is 3.23. The third-order valence-corrected chi connectivity index (χ3v) is 5.52. The van der Waals surface area contributed by atoms with E-state index in [4.69, 9.17) is 0 Å². The minimum absolute atomic E-state index is 0.0609. The number of nitrogens with zero attached hydrogens (tertiary/aromatic N) is 3. The summed E-state index contributed by atoms with van der Waals surface area (Å²) in [6.45, 7) is 4.63. The van der Waals surface area contributed by atoms with E-state index >= 15 is 0 Å². The molecule has 2 atom stereocenters. The largest absolute Gasteiger partial charge is 0.332 e. The average molecular weight is 388 g/mol. The van der Waals surface area contributed by atoms with E-state index in [0.717, 1.165) is 24.0 Å². The van der Waals surface area contributed by atoms with Gasteiger partial charge in [-0.2, -0.15) is 0 Å². The molecule has 3 heterocycles. The smallest absolute Gasteiger partial charge is 0.251 e. The molecule has 0 spiro atoms. The number of nitrogens with one attached hydrogen (secondary N) is 1. The predicted molar refractivity (Wildman–Crippen MR) is 111 cm³/mol. The van der Waals surface area contributed by atoms with Gasteiger partial charge in [-0.15, -0.1) is 0 Å². The molecule has 1 amide bonds. The van der Waals surface area contributed by atoms with Crippen molar-refractivity contribution in [3.05, 3.63) is 82.2 Å². The highest BCUT2D eigenvalue weighted by Gasteiger charge is 2.34. The zero-order chi connectivity index (χ0) is 20.4. The van der Waals surface area contributed by atoms with Gasteiger partial charge in [0.05, 0.1) is 17.7 Å². The Labute approximate surface area is 169 Å². The van der Waals surface area contributed by atoms with Gasteiger partial charge in [0.25, 0.3) is 5.56 Å². The topological polar surface area (TPSA) is 79.0 Å². The molecule has 0 aliphatic carbocycles. The number of H-pyrrole nitrogens is 1. The molecule has 2 aromatic heterocycles. The first-order valence-electron chi connectivity index (χ1n) is 9.91. The number of aromatic amines is 1. The van der Waals surface area contributed by atoms with Gasteiger partial charge in [0.15, 0.2) is 0 Å². The number of hydrogen-bond donors (Lipinski definition) is 1. The van der Waals surface area contributed by atoms with Gasteiger partial charge in [-0.3, -0.25) is 14.6 Å². The molecule has 0 radical (unpaired) electrons. The van der Waals surface area contributed by atoms with Crippen molar-refractivity contribution < 1.29 is 4.79 Å². The summed E-state index contributed by atoms with van der Waals surface area (Å²) in [4.78, 5) is 39.0. The van der Waals surface area contributed by atoms with Crippen molar-refractivity contribution in [2.75, 3.05) is 6.54 Å². The second kappa shape index (κ2) is 7.99. The molecule has 1 fully saturated rings. The van der Waals surface area contributed by atoms with Crippen molar-refractivity contribution in [3.8, 4) is 11.3 Å². The summed E-state index contributed by atoms with van der Waals surface area (Å²) < 4.78 is 0. The molecule has 0 saturated carbocycles. The molecule has 1 aliphatic heterocycles. The maximum atomic E-state index is 13.3. The van der Waals surface area contributed by atoms with Crippen LogP contribution in [0, 0.1) is 6.92 Å². The summed E-state index contributed by atoms with van der Waals surface area (Å²) >= 11 is 0. The van der Waals surface area contributed by atoms with Crippen molar-refractivity contribution in [3.63, 3.8) is 0 Å². The van der Waals surface area contributed by atoms with Gasteiger partial charge in [-0.25, -0.2) is 4.98 Å². The molecule has 6 heteroatoms. The summed E-state index contributed by atoms with van der Waals surface area (Å²) in [6, 6.07) is 13.0. The highest BCUT2D eigenvalue weighted by Crippen LogP contribution is 2.33. The second-order valence-corrected chi connectivity index (χ2v) is 7.58. The summed E-state index contributed by atoms with van der Waals surface area (Å²) in [5, 5.41) is 0. The molecule has 4 rings (SSSR count). The third kappa shape index (κ3) is 3.97. The van der Waals surface area contributed by atoms with Gasteiger partial charge < -0.3 is 9.88 Å². The molecule has 0 unspecified atom stereocenters. The Balaban J connectivity index is 1.63. The second-order valence-electron chi connectivity index (χ2n) is 7.58. The Kier molecular flexibility index (Phi) is 5.25. The molecule has 3 aromatic rings. The summed E-state index contributed by atoms with van der Waals surface area (Å²) in [6.07, 6.45) is 5.04. The summed E-state index contributed by atoms with van der Waals surface area (Å²) in [5.74, 6) is 0.355. The first-order chi connectivity index (χ1) is 14.0. The molecular weight excluding hydrogens is 364 g/mol. The van der Waals surface area contributed by atoms with Crippen molar-refractivity contribution in [2.45, 2.75) is 38.6 Å². The third-order valence-electron chi connectivity index (χ3n) is 5.52. The summed E-state index contributed by atoms with van der Waals surface area (Å²) in [7, 11) is 0. The zero-order valence-electron chi connectivity index (χ0n) is 16.6. The van der Waals surface area contributed by atoms with E-state index < -0.39 is 0 Å². The fourth-order valence-corrected chi connectivity index (χ4v) is 3.86. The van der Waals surface area contributed by atoms with E-state index in [1.165, 1.54) is 11.6 Å². The molecule has 148 valence electrons. The highest BCUT2D eigenvalue weighted by atomic mass is 16.2. The number of rotatable bonds is 4. The molecular formula is C23H24N4O2. The lowest BCUT2D eigenvalue weighted by atomic mass is 9.98. The lowest BCUT2D eigenvalue weighted by molar-refractivity contribution is -0.133. The van der Waals surface area contributed by atoms with E-state index in [2.05, 4.69) is 15.0 Å². The Morgan fingerprint density at radius 2 is 2.03 bits per heavy atom. The van der Waals surface area contributed by atoms with Crippen molar-refractivity contribution in [2.24, 2.45) is 0 Å². The molecule has 1 aromatic carbocycles. The van der Waals surface area contributed by atoms with Crippen LogP contribution in [-0.4, -0.2) is 32.3 Å². The number of benzene rings is 1. The number of carbonyl (C=O) groups excluding carboxylic acids is 1.